The van der Waals surface area contributed by atoms with Gasteiger partial charge >= 0.3 is 0 Å². The minimum Gasteiger partial charge on any atom is -0.492 e. The fourth-order valence-electron chi connectivity index (χ4n) is 5.19. The van der Waals surface area contributed by atoms with Crippen molar-refractivity contribution in [3.05, 3.63) is 117 Å². The molecular weight excluding hydrogens is 512 g/mol. The lowest BCUT2D eigenvalue weighted by Crippen LogP contribution is -2.09. The van der Waals surface area contributed by atoms with Crippen LogP contribution in [0.2, 0.25) is 0 Å². The van der Waals surface area contributed by atoms with E-state index in [0.29, 0.717) is 11.1 Å². The SMILES string of the molecule is Cc1cc(C)c(Oc2c(C)cc(C)c(OCCC(=O)c3ccccc3)c2C)c(C)c1OCCC(=O)c1ccccc1. The van der Waals surface area contributed by atoms with E-state index in [2.05, 4.69) is 0 Å². The van der Waals surface area contributed by atoms with Gasteiger partial charge in [-0.1, -0.05) is 60.7 Å². The summed E-state index contributed by atoms with van der Waals surface area (Å²) in [7, 11) is 0. The van der Waals surface area contributed by atoms with E-state index in [-0.39, 0.29) is 37.6 Å². The first-order valence-corrected chi connectivity index (χ1v) is 14.0. The molecule has 4 aromatic rings. The first kappa shape index (κ1) is 29.6. The van der Waals surface area contributed by atoms with Crippen molar-refractivity contribution in [2.45, 2.75) is 54.4 Å². The highest BCUT2D eigenvalue weighted by Crippen LogP contribution is 2.42. The fraction of sp³-hybridized carbons (Fsp3) is 0.278. The number of carbonyl (C=O) groups is 2. The molecule has 0 fully saturated rings. The second kappa shape index (κ2) is 13.3. The van der Waals surface area contributed by atoms with Crippen molar-refractivity contribution in [3.8, 4) is 23.0 Å². The van der Waals surface area contributed by atoms with Gasteiger partial charge in [0.05, 0.1) is 13.2 Å². The molecule has 0 aliphatic carbocycles. The Labute approximate surface area is 243 Å². The molecule has 0 heterocycles. The van der Waals surface area contributed by atoms with Crippen molar-refractivity contribution in [3.63, 3.8) is 0 Å². The second-order valence-corrected chi connectivity index (χ2v) is 10.5. The van der Waals surface area contributed by atoms with Gasteiger partial charge in [-0.15, -0.1) is 0 Å². The van der Waals surface area contributed by atoms with Crippen LogP contribution in [0.25, 0.3) is 0 Å². The summed E-state index contributed by atoms with van der Waals surface area (Å²) >= 11 is 0. The van der Waals surface area contributed by atoms with E-state index < -0.39 is 0 Å². The van der Waals surface area contributed by atoms with Crippen LogP contribution in [0.1, 0.15) is 66.9 Å². The molecular formula is C36H38O5. The van der Waals surface area contributed by atoms with Gasteiger partial charge in [0, 0.05) is 35.1 Å². The molecule has 212 valence electrons. The molecule has 0 bridgehead atoms. The molecule has 0 aliphatic heterocycles. The molecule has 5 nitrogen and oxygen atoms in total. The van der Waals surface area contributed by atoms with Crippen LogP contribution in [-0.4, -0.2) is 24.8 Å². The molecule has 0 aliphatic rings. The van der Waals surface area contributed by atoms with Gasteiger partial charge in [-0.25, -0.2) is 0 Å². The second-order valence-electron chi connectivity index (χ2n) is 10.5. The zero-order valence-corrected chi connectivity index (χ0v) is 24.8. The van der Waals surface area contributed by atoms with E-state index in [0.717, 1.165) is 56.4 Å². The molecule has 0 amide bonds. The molecule has 0 saturated heterocycles. The van der Waals surface area contributed by atoms with Crippen LogP contribution in [0, 0.1) is 41.5 Å². The fourth-order valence-corrected chi connectivity index (χ4v) is 5.19. The number of Topliss-reactive ketones (excluding diaryl/α,β-unsaturated/α-hetero) is 2. The number of ketones is 2. The molecule has 0 saturated carbocycles. The molecule has 0 unspecified atom stereocenters. The van der Waals surface area contributed by atoms with Crippen molar-refractivity contribution < 1.29 is 23.8 Å². The van der Waals surface area contributed by atoms with Crippen LogP contribution in [0.5, 0.6) is 23.0 Å². The molecule has 0 aromatic heterocycles. The van der Waals surface area contributed by atoms with Crippen LogP contribution >= 0.6 is 0 Å². The molecule has 4 aromatic carbocycles. The third-order valence-corrected chi connectivity index (χ3v) is 7.21. The topological polar surface area (TPSA) is 61.8 Å². The van der Waals surface area contributed by atoms with Gasteiger partial charge in [-0.3, -0.25) is 9.59 Å². The first-order valence-electron chi connectivity index (χ1n) is 14.0. The number of benzene rings is 4. The summed E-state index contributed by atoms with van der Waals surface area (Å²) in [5, 5.41) is 0. The minimum absolute atomic E-state index is 0.0494. The maximum atomic E-state index is 12.6. The lowest BCUT2D eigenvalue weighted by Gasteiger charge is -2.22. The molecule has 0 N–H and O–H groups in total. The van der Waals surface area contributed by atoms with Gasteiger partial charge in [0.25, 0.3) is 0 Å². The number of hydrogen-bond donors (Lipinski definition) is 0. The minimum atomic E-state index is 0.0494. The molecule has 5 heteroatoms. The molecule has 0 radical (unpaired) electrons. The third-order valence-electron chi connectivity index (χ3n) is 7.21. The van der Waals surface area contributed by atoms with E-state index in [1.54, 1.807) is 0 Å². The average Bonchev–Trinajstić information content (AvgIpc) is 2.96. The molecule has 0 atom stereocenters. The maximum Gasteiger partial charge on any atom is 0.166 e. The van der Waals surface area contributed by atoms with Gasteiger partial charge in [-0.2, -0.15) is 0 Å². The van der Waals surface area contributed by atoms with E-state index in [4.69, 9.17) is 14.2 Å². The van der Waals surface area contributed by atoms with Crippen molar-refractivity contribution in [2.24, 2.45) is 0 Å². The van der Waals surface area contributed by atoms with Crippen LogP contribution in [0.4, 0.5) is 0 Å². The summed E-state index contributed by atoms with van der Waals surface area (Å²) in [6.07, 6.45) is 0.577. The van der Waals surface area contributed by atoms with Gasteiger partial charge < -0.3 is 14.2 Å². The summed E-state index contributed by atoms with van der Waals surface area (Å²) in [4.78, 5) is 25.1. The summed E-state index contributed by atoms with van der Waals surface area (Å²) in [5.74, 6) is 3.00. The van der Waals surface area contributed by atoms with Crippen molar-refractivity contribution in [2.75, 3.05) is 13.2 Å². The van der Waals surface area contributed by atoms with E-state index in [1.165, 1.54) is 0 Å². The number of carbonyl (C=O) groups excluding carboxylic acids is 2. The maximum absolute atomic E-state index is 12.6. The lowest BCUT2D eigenvalue weighted by molar-refractivity contribution is 0.0953. The monoisotopic (exact) mass is 550 g/mol. The third kappa shape index (κ3) is 7.04. The Kier molecular flexibility index (Phi) is 9.61. The molecule has 41 heavy (non-hydrogen) atoms. The van der Waals surface area contributed by atoms with E-state index in [9.17, 15) is 9.59 Å². The number of rotatable bonds is 12. The van der Waals surface area contributed by atoms with E-state index in [1.807, 2.05) is 114 Å². The lowest BCUT2D eigenvalue weighted by atomic mass is 10.0. The summed E-state index contributed by atoms with van der Waals surface area (Å²) < 4.78 is 18.9. The number of aryl methyl sites for hydroxylation is 4. The van der Waals surface area contributed by atoms with Crippen LogP contribution in [0.15, 0.2) is 72.8 Å². The zero-order chi connectivity index (χ0) is 29.5. The van der Waals surface area contributed by atoms with Gasteiger partial charge in [-0.05, 0) is 75.9 Å². The summed E-state index contributed by atoms with van der Waals surface area (Å²) in [5.41, 5.74) is 7.09. The van der Waals surface area contributed by atoms with Crippen LogP contribution in [-0.2, 0) is 0 Å². The summed E-state index contributed by atoms with van der Waals surface area (Å²) in [6.45, 7) is 12.6. The first-order chi connectivity index (χ1) is 19.7. The highest BCUT2D eigenvalue weighted by Gasteiger charge is 2.20. The Balaban J connectivity index is 1.50. The molecule has 0 spiro atoms. The Morgan fingerprint density at radius 3 is 1.22 bits per heavy atom. The van der Waals surface area contributed by atoms with Gasteiger partial charge in [0.1, 0.15) is 23.0 Å². The van der Waals surface area contributed by atoms with Crippen LogP contribution in [0.3, 0.4) is 0 Å². The zero-order valence-electron chi connectivity index (χ0n) is 24.8. The average molecular weight is 551 g/mol. The highest BCUT2D eigenvalue weighted by molar-refractivity contribution is 5.96. The normalized spacial score (nSPS) is 10.8. The largest absolute Gasteiger partial charge is 0.492 e. The van der Waals surface area contributed by atoms with Gasteiger partial charge in [0.2, 0.25) is 0 Å². The highest BCUT2D eigenvalue weighted by atomic mass is 16.5. The van der Waals surface area contributed by atoms with E-state index >= 15 is 0 Å². The molecule has 4 rings (SSSR count). The Morgan fingerprint density at radius 1 is 0.512 bits per heavy atom. The van der Waals surface area contributed by atoms with Gasteiger partial charge in [0.15, 0.2) is 11.6 Å². The van der Waals surface area contributed by atoms with Crippen molar-refractivity contribution in [1.82, 2.24) is 0 Å². The smallest absolute Gasteiger partial charge is 0.166 e. The van der Waals surface area contributed by atoms with Crippen molar-refractivity contribution >= 4 is 11.6 Å². The Bertz CT molecular complexity index is 1420. The summed E-state index contributed by atoms with van der Waals surface area (Å²) in [6, 6.07) is 22.6. The Morgan fingerprint density at radius 2 is 0.854 bits per heavy atom. The van der Waals surface area contributed by atoms with Crippen molar-refractivity contribution in [1.29, 1.82) is 0 Å². The quantitative estimate of drug-likeness (QED) is 0.165. The predicted molar refractivity (Wildman–Crippen MR) is 163 cm³/mol. The van der Waals surface area contributed by atoms with Crippen LogP contribution < -0.4 is 14.2 Å². The number of ether oxygens (including phenoxy) is 3. The number of hydrogen-bond acceptors (Lipinski definition) is 5. The predicted octanol–water partition coefficient (Wildman–Crippen LogP) is 8.63. The standard InChI is InChI=1S/C36H38O5/c1-23-21-25(3)35(27(5)33(23)39-19-17-31(37)29-13-9-7-10-14-29)41-36-26(4)22-24(2)34(28(36)6)40-20-18-32(38)30-15-11-8-12-16-30/h7-16,21-22H,17-20H2,1-6H3. The Hall–Kier alpha value is -4.38.